The Bertz CT molecular complexity index is 721. The zero-order valence-electron chi connectivity index (χ0n) is 14.2. The lowest BCUT2D eigenvalue weighted by atomic mass is 9.94. The maximum atomic E-state index is 11.9. The van der Waals surface area contributed by atoms with Crippen LogP contribution in [0.1, 0.15) is 24.5 Å². The molecule has 0 radical (unpaired) electrons. The molecule has 2 heterocycles. The lowest BCUT2D eigenvalue weighted by molar-refractivity contribution is -0.130. The van der Waals surface area contributed by atoms with Gasteiger partial charge in [0.15, 0.2) is 0 Å². The molecule has 2 aromatic rings. The number of carbonyl (C=O) groups is 1. The molecular weight excluding hydrogens is 320 g/mol. The fourth-order valence-corrected chi connectivity index (χ4v) is 3.01. The molecule has 0 saturated carbocycles. The summed E-state index contributed by atoms with van der Waals surface area (Å²) in [5.41, 5.74) is 6.26. The number of nitrogens with two attached hydrogens (primary N) is 1. The van der Waals surface area contributed by atoms with E-state index in [1.54, 1.807) is 24.4 Å². The molecule has 1 fully saturated rings. The van der Waals surface area contributed by atoms with Crippen molar-refractivity contribution in [2.75, 3.05) is 26.7 Å². The second-order valence-corrected chi connectivity index (χ2v) is 5.91. The van der Waals surface area contributed by atoms with Crippen molar-refractivity contribution in [2.45, 2.75) is 18.8 Å². The molecule has 25 heavy (non-hydrogen) atoms. The van der Waals surface area contributed by atoms with E-state index in [9.17, 15) is 4.79 Å². The van der Waals surface area contributed by atoms with E-state index in [0.717, 1.165) is 30.8 Å². The van der Waals surface area contributed by atoms with E-state index in [-0.39, 0.29) is 18.4 Å². The number of benzene rings is 1. The Morgan fingerprint density at radius 1 is 1.24 bits per heavy atom. The Labute approximate surface area is 146 Å². The Kier molecular flexibility index (Phi) is 5.45. The molecule has 1 saturated heterocycles. The molecule has 1 atom stereocenters. The Morgan fingerprint density at radius 2 is 1.96 bits per heavy atom. The first-order chi connectivity index (χ1) is 12.2. The average Bonchev–Trinajstić information content (AvgIpc) is 2.68. The van der Waals surface area contributed by atoms with Crippen LogP contribution in [0.25, 0.3) is 0 Å². The molecule has 7 heteroatoms. The molecule has 1 aromatic heterocycles. The first-order valence-corrected chi connectivity index (χ1v) is 8.32. The second-order valence-electron chi connectivity index (χ2n) is 5.91. The van der Waals surface area contributed by atoms with Gasteiger partial charge < -0.3 is 20.1 Å². The molecule has 1 amide bonds. The molecule has 2 N–H and O–H groups in total. The quantitative estimate of drug-likeness (QED) is 0.893. The van der Waals surface area contributed by atoms with E-state index in [1.807, 2.05) is 24.3 Å². The van der Waals surface area contributed by atoms with Gasteiger partial charge in [-0.05, 0) is 37.1 Å². The summed E-state index contributed by atoms with van der Waals surface area (Å²) in [6.45, 7) is 1.36. The number of likely N-dealkylation sites (tertiary alicyclic amines) is 1. The van der Waals surface area contributed by atoms with Gasteiger partial charge in [-0.15, -0.1) is 0 Å². The maximum Gasteiger partial charge on any atom is 0.241 e. The number of methoxy groups -OCH3 is 1. The smallest absolute Gasteiger partial charge is 0.241 e. The van der Waals surface area contributed by atoms with Crippen LogP contribution in [-0.2, 0) is 4.79 Å². The van der Waals surface area contributed by atoms with Crippen molar-refractivity contribution in [1.82, 2.24) is 14.9 Å². The normalized spacial score (nSPS) is 17.2. The monoisotopic (exact) mass is 342 g/mol. The largest absolute Gasteiger partial charge is 0.497 e. The number of aromatic nitrogens is 2. The lowest BCUT2D eigenvalue weighted by Gasteiger charge is -2.32. The Morgan fingerprint density at radius 3 is 2.68 bits per heavy atom. The van der Waals surface area contributed by atoms with Crippen molar-refractivity contribution in [3.8, 4) is 17.4 Å². The third kappa shape index (κ3) is 4.06. The van der Waals surface area contributed by atoms with Crippen LogP contribution in [-0.4, -0.2) is 47.5 Å². The molecule has 1 aromatic carbocycles. The van der Waals surface area contributed by atoms with Crippen LogP contribution in [0.15, 0.2) is 36.7 Å². The molecular formula is C18H22N4O3. The van der Waals surface area contributed by atoms with Crippen LogP contribution in [0.3, 0.4) is 0 Å². The highest BCUT2D eigenvalue weighted by Gasteiger charge is 2.27. The van der Waals surface area contributed by atoms with Crippen LogP contribution in [0.4, 0.5) is 0 Å². The summed E-state index contributed by atoms with van der Waals surface area (Å²) in [5.74, 6) is 1.94. The van der Waals surface area contributed by atoms with E-state index in [4.69, 9.17) is 15.2 Å². The molecule has 0 bridgehead atoms. The zero-order chi connectivity index (χ0) is 17.6. The van der Waals surface area contributed by atoms with Crippen molar-refractivity contribution in [1.29, 1.82) is 0 Å². The van der Waals surface area contributed by atoms with Gasteiger partial charge in [0.25, 0.3) is 0 Å². The summed E-state index contributed by atoms with van der Waals surface area (Å²) in [4.78, 5) is 22.5. The second kappa shape index (κ2) is 7.94. The van der Waals surface area contributed by atoms with Gasteiger partial charge in [-0.25, -0.2) is 4.98 Å². The van der Waals surface area contributed by atoms with Gasteiger partial charge in [-0.2, -0.15) is 0 Å². The lowest BCUT2D eigenvalue weighted by Crippen LogP contribution is -2.42. The number of carbonyl (C=O) groups excluding carboxylic acids is 1. The van der Waals surface area contributed by atoms with Crippen LogP contribution in [0, 0.1) is 0 Å². The predicted molar refractivity (Wildman–Crippen MR) is 92.7 cm³/mol. The minimum absolute atomic E-state index is 0.0302. The van der Waals surface area contributed by atoms with Crippen molar-refractivity contribution in [3.63, 3.8) is 0 Å². The van der Waals surface area contributed by atoms with Crippen molar-refractivity contribution < 1.29 is 14.3 Å². The summed E-state index contributed by atoms with van der Waals surface area (Å²) in [6, 6.07) is 7.30. The number of hydrogen-bond donors (Lipinski definition) is 1. The standard InChI is InChI=1S/C18H22N4O3/c1-24-14-4-6-15(7-5-14)25-18-17(20-8-9-21-18)13-3-2-10-22(12-13)16(23)11-19/h4-9,13H,2-3,10-12,19H2,1H3/t13-/m1/s1. The van der Waals surface area contributed by atoms with Crippen molar-refractivity contribution in [3.05, 3.63) is 42.4 Å². The van der Waals surface area contributed by atoms with E-state index >= 15 is 0 Å². The van der Waals surface area contributed by atoms with E-state index in [2.05, 4.69) is 9.97 Å². The topological polar surface area (TPSA) is 90.6 Å². The molecule has 3 rings (SSSR count). The summed E-state index contributed by atoms with van der Waals surface area (Å²) >= 11 is 0. The summed E-state index contributed by atoms with van der Waals surface area (Å²) in [7, 11) is 1.62. The molecule has 0 aliphatic carbocycles. The van der Waals surface area contributed by atoms with Gasteiger partial charge in [0.2, 0.25) is 11.8 Å². The molecule has 1 aliphatic rings. The minimum Gasteiger partial charge on any atom is -0.497 e. The fourth-order valence-electron chi connectivity index (χ4n) is 3.01. The minimum atomic E-state index is -0.0359. The zero-order valence-corrected chi connectivity index (χ0v) is 14.2. The molecule has 132 valence electrons. The number of piperidine rings is 1. The van der Waals surface area contributed by atoms with Crippen LogP contribution in [0.5, 0.6) is 17.4 Å². The van der Waals surface area contributed by atoms with Crippen LogP contribution >= 0.6 is 0 Å². The van der Waals surface area contributed by atoms with Crippen molar-refractivity contribution >= 4 is 5.91 Å². The molecule has 0 spiro atoms. The number of nitrogens with zero attached hydrogens (tertiary/aromatic N) is 3. The highest BCUT2D eigenvalue weighted by molar-refractivity contribution is 5.78. The fraction of sp³-hybridized carbons (Fsp3) is 0.389. The van der Waals surface area contributed by atoms with Crippen molar-refractivity contribution in [2.24, 2.45) is 5.73 Å². The van der Waals surface area contributed by atoms with Crippen LogP contribution in [0.2, 0.25) is 0 Å². The summed E-state index contributed by atoms with van der Waals surface area (Å²) in [6.07, 6.45) is 5.11. The number of hydrogen-bond acceptors (Lipinski definition) is 6. The third-order valence-electron chi connectivity index (χ3n) is 4.30. The molecule has 0 unspecified atom stereocenters. The Hall–Kier alpha value is -2.67. The van der Waals surface area contributed by atoms with Gasteiger partial charge >= 0.3 is 0 Å². The van der Waals surface area contributed by atoms with Gasteiger partial charge in [-0.3, -0.25) is 9.78 Å². The number of rotatable bonds is 5. The highest BCUT2D eigenvalue weighted by atomic mass is 16.5. The average molecular weight is 342 g/mol. The molecule has 1 aliphatic heterocycles. The SMILES string of the molecule is COc1ccc(Oc2nccnc2[C@@H]2CCCN(C(=O)CN)C2)cc1. The van der Waals surface area contributed by atoms with Gasteiger partial charge in [-0.1, -0.05) is 0 Å². The highest BCUT2D eigenvalue weighted by Crippen LogP contribution is 2.32. The third-order valence-corrected chi connectivity index (χ3v) is 4.30. The first-order valence-electron chi connectivity index (χ1n) is 8.32. The summed E-state index contributed by atoms with van der Waals surface area (Å²) < 4.78 is 11.1. The van der Waals surface area contributed by atoms with Gasteiger partial charge in [0.1, 0.15) is 17.2 Å². The predicted octanol–water partition coefficient (Wildman–Crippen LogP) is 1.94. The van der Waals surface area contributed by atoms with Gasteiger partial charge in [0, 0.05) is 31.4 Å². The number of ether oxygens (including phenoxy) is 2. The Balaban J connectivity index is 1.79. The van der Waals surface area contributed by atoms with E-state index in [0.29, 0.717) is 18.2 Å². The van der Waals surface area contributed by atoms with E-state index in [1.165, 1.54) is 0 Å². The summed E-state index contributed by atoms with van der Waals surface area (Å²) in [5, 5.41) is 0. The molecule has 7 nitrogen and oxygen atoms in total. The maximum absolute atomic E-state index is 11.9. The van der Waals surface area contributed by atoms with Gasteiger partial charge in [0.05, 0.1) is 13.7 Å². The number of amides is 1. The van der Waals surface area contributed by atoms with Crippen LogP contribution < -0.4 is 15.2 Å². The van der Waals surface area contributed by atoms with E-state index < -0.39 is 0 Å². The first kappa shape index (κ1) is 17.2.